The largest absolute Gasteiger partial charge is 0.313 e. The van der Waals surface area contributed by atoms with Crippen LogP contribution in [0.1, 0.15) is 38.3 Å². The number of hydrogen-bond donors (Lipinski definition) is 1. The minimum Gasteiger partial charge on any atom is -0.313 e. The molecule has 1 N–H and O–H groups in total. The first-order chi connectivity index (χ1) is 11.9. The highest BCUT2D eigenvalue weighted by atomic mass is 32.2. The van der Waals surface area contributed by atoms with Crippen molar-refractivity contribution < 1.29 is 8.42 Å². The highest BCUT2D eigenvalue weighted by molar-refractivity contribution is 7.89. The SMILES string of the molecule is CCCNCc1cccc(S(=O)(=O)N(Cc2ccccc2)C(C)C)c1. The molecule has 4 nitrogen and oxygen atoms in total. The lowest BCUT2D eigenvalue weighted by Crippen LogP contribution is -2.36. The average Bonchev–Trinajstić information content (AvgIpc) is 2.61. The summed E-state index contributed by atoms with van der Waals surface area (Å²) < 4.78 is 27.9. The van der Waals surface area contributed by atoms with Gasteiger partial charge in [0.25, 0.3) is 0 Å². The van der Waals surface area contributed by atoms with Gasteiger partial charge in [-0.05, 0) is 50.1 Å². The maximum Gasteiger partial charge on any atom is 0.243 e. The Morgan fingerprint density at radius 1 is 1.00 bits per heavy atom. The Morgan fingerprint density at radius 2 is 1.68 bits per heavy atom. The first-order valence-electron chi connectivity index (χ1n) is 8.80. The van der Waals surface area contributed by atoms with E-state index in [0.717, 1.165) is 24.1 Å². The van der Waals surface area contributed by atoms with E-state index in [0.29, 0.717) is 18.0 Å². The molecule has 0 unspecified atom stereocenters. The zero-order valence-corrected chi connectivity index (χ0v) is 16.1. The standard InChI is InChI=1S/C20H28N2O2S/c1-4-13-21-15-19-11-8-12-20(14-19)25(23,24)22(17(2)3)16-18-9-6-5-7-10-18/h5-12,14,17,21H,4,13,15-16H2,1-3H3. The van der Waals surface area contributed by atoms with E-state index in [1.54, 1.807) is 16.4 Å². The summed E-state index contributed by atoms with van der Waals surface area (Å²) in [5.41, 5.74) is 1.97. The predicted octanol–water partition coefficient (Wildman–Crippen LogP) is 3.79. The van der Waals surface area contributed by atoms with E-state index in [1.807, 2.05) is 56.3 Å². The monoisotopic (exact) mass is 360 g/mol. The second-order valence-corrected chi connectivity index (χ2v) is 8.34. The Balaban J connectivity index is 2.26. The Kier molecular flexibility index (Phi) is 7.17. The molecule has 0 aliphatic rings. The van der Waals surface area contributed by atoms with Gasteiger partial charge in [0.15, 0.2) is 0 Å². The summed E-state index contributed by atoms with van der Waals surface area (Å²) in [4.78, 5) is 0.355. The topological polar surface area (TPSA) is 49.4 Å². The molecule has 0 aromatic heterocycles. The van der Waals surface area contributed by atoms with Gasteiger partial charge < -0.3 is 5.32 Å². The van der Waals surface area contributed by atoms with Crippen molar-refractivity contribution in [2.75, 3.05) is 6.54 Å². The maximum atomic E-state index is 13.2. The molecule has 5 heteroatoms. The van der Waals surface area contributed by atoms with Crippen LogP contribution in [0.5, 0.6) is 0 Å². The molecule has 0 aliphatic carbocycles. The van der Waals surface area contributed by atoms with Gasteiger partial charge in [0.2, 0.25) is 10.0 Å². The molecule has 2 aromatic rings. The van der Waals surface area contributed by atoms with Gasteiger partial charge in [-0.25, -0.2) is 8.42 Å². The number of nitrogens with one attached hydrogen (secondary N) is 1. The van der Waals surface area contributed by atoms with E-state index < -0.39 is 10.0 Å². The van der Waals surface area contributed by atoms with Crippen LogP contribution >= 0.6 is 0 Å². The van der Waals surface area contributed by atoms with Gasteiger partial charge in [0, 0.05) is 19.1 Å². The van der Waals surface area contributed by atoms with Crippen molar-refractivity contribution in [1.29, 1.82) is 0 Å². The lowest BCUT2D eigenvalue weighted by molar-refractivity contribution is 0.348. The van der Waals surface area contributed by atoms with E-state index >= 15 is 0 Å². The Bertz CT molecular complexity index is 758. The Labute approximate surface area is 151 Å². The number of sulfonamides is 1. The molecule has 136 valence electrons. The van der Waals surface area contributed by atoms with Crippen LogP contribution in [0.3, 0.4) is 0 Å². The molecule has 2 rings (SSSR count). The van der Waals surface area contributed by atoms with Gasteiger partial charge >= 0.3 is 0 Å². The zero-order valence-electron chi connectivity index (χ0n) is 15.3. The van der Waals surface area contributed by atoms with Crippen LogP contribution in [0.15, 0.2) is 59.5 Å². The van der Waals surface area contributed by atoms with E-state index in [4.69, 9.17) is 0 Å². The van der Waals surface area contributed by atoms with Crippen LogP contribution in [0.25, 0.3) is 0 Å². The summed E-state index contributed by atoms with van der Waals surface area (Å²) in [6.07, 6.45) is 1.05. The Morgan fingerprint density at radius 3 is 2.32 bits per heavy atom. The summed E-state index contributed by atoms with van der Waals surface area (Å²) in [7, 11) is -3.55. The van der Waals surface area contributed by atoms with Crippen LogP contribution < -0.4 is 5.32 Å². The van der Waals surface area contributed by atoms with Gasteiger partial charge in [-0.1, -0.05) is 49.4 Å². The molecule has 0 aliphatic heterocycles. The van der Waals surface area contributed by atoms with Gasteiger partial charge in [-0.3, -0.25) is 0 Å². The predicted molar refractivity (Wildman–Crippen MR) is 103 cm³/mol. The van der Waals surface area contributed by atoms with Crippen molar-refractivity contribution in [2.45, 2.75) is 51.2 Å². The zero-order chi connectivity index (χ0) is 18.3. The van der Waals surface area contributed by atoms with E-state index in [-0.39, 0.29) is 6.04 Å². The first kappa shape index (κ1) is 19.6. The van der Waals surface area contributed by atoms with Crippen LogP contribution in [0.4, 0.5) is 0 Å². The second-order valence-electron chi connectivity index (χ2n) is 6.45. The number of nitrogens with zero attached hydrogens (tertiary/aromatic N) is 1. The number of hydrogen-bond acceptors (Lipinski definition) is 3. The molecular formula is C20H28N2O2S. The summed E-state index contributed by atoms with van der Waals surface area (Å²) in [6.45, 7) is 7.90. The van der Waals surface area contributed by atoms with Gasteiger partial charge in [0.1, 0.15) is 0 Å². The van der Waals surface area contributed by atoms with Gasteiger partial charge in [-0.2, -0.15) is 4.31 Å². The molecule has 0 amide bonds. The first-order valence-corrected chi connectivity index (χ1v) is 10.2. The fraction of sp³-hybridized carbons (Fsp3) is 0.400. The third kappa shape index (κ3) is 5.39. The molecule has 0 bridgehead atoms. The van der Waals surface area contributed by atoms with Crippen LogP contribution in [0.2, 0.25) is 0 Å². The third-order valence-corrected chi connectivity index (χ3v) is 6.04. The second kappa shape index (κ2) is 9.13. The van der Waals surface area contributed by atoms with Crippen molar-refractivity contribution in [3.63, 3.8) is 0 Å². The lowest BCUT2D eigenvalue weighted by atomic mass is 10.2. The molecule has 0 radical (unpaired) electrons. The molecule has 0 spiro atoms. The molecule has 0 saturated heterocycles. The van der Waals surface area contributed by atoms with Crippen molar-refractivity contribution in [1.82, 2.24) is 9.62 Å². The normalized spacial score (nSPS) is 12.0. The van der Waals surface area contributed by atoms with Crippen molar-refractivity contribution >= 4 is 10.0 Å². The van der Waals surface area contributed by atoms with Crippen molar-refractivity contribution in [3.05, 3.63) is 65.7 Å². The molecule has 2 aromatic carbocycles. The summed E-state index contributed by atoms with van der Waals surface area (Å²) in [6, 6.07) is 16.8. The highest BCUT2D eigenvalue weighted by Gasteiger charge is 2.27. The van der Waals surface area contributed by atoms with E-state index in [9.17, 15) is 8.42 Å². The van der Waals surface area contributed by atoms with Crippen LogP contribution in [-0.2, 0) is 23.1 Å². The fourth-order valence-electron chi connectivity index (χ4n) is 2.67. The molecule has 0 atom stereocenters. The van der Waals surface area contributed by atoms with Gasteiger partial charge in [-0.15, -0.1) is 0 Å². The average molecular weight is 361 g/mol. The summed E-state index contributed by atoms with van der Waals surface area (Å²) >= 11 is 0. The van der Waals surface area contributed by atoms with E-state index in [2.05, 4.69) is 12.2 Å². The minimum atomic E-state index is -3.55. The molecule has 0 heterocycles. The highest BCUT2D eigenvalue weighted by Crippen LogP contribution is 2.22. The number of rotatable bonds is 9. The van der Waals surface area contributed by atoms with Crippen molar-refractivity contribution in [2.24, 2.45) is 0 Å². The fourth-order valence-corrected chi connectivity index (χ4v) is 4.37. The number of benzene rings is 2. The summed E-state index contributed by atoms with van der Waals surface area (Å²) in [5.74, 6) is 0. The van der Waals surface area contributed by atoms with Gasteiger partial charge in [0.05, 0.1) is 4.90 Å². The third-order valence-electron chi connectivity index (χ3n) is 4.02. The molecule has 0 fully saturated rings. The quantitative estimate of drug-likeness (QED) is 0.692. The molecule has 25 heavy (non-hydrogen) atoms. The molecular weight excluding hydrogens is 332 g/mol. The van der Waals surface area contributed by atoms with Crippen LogP contribution in [-0.4, -0.2) is 25.3 Å². The lowest BCUT2D eigenvalue weighted by Gasteiger charge is -2.26. The smallest absolute Gasteiger partial charge is 0.243 e. The molecule has 0 saturated carbocycles. The van der Waals surface area contributed by atoms with Crippen LogP contribution in [0, 0.1) is 0 Å². The Hall–Kier alpha value is -1.69. The van der Waals surface area contributed by atoms with Crippen molar-refractivity contribution in [3.8, 4) is 0 Å². The summed E-state index contributed by atoms with van der Waals surface area (Å²) in [5, 5.41) is 3.31. The van der Waals surface area contributed by atoms with E-state index in [1.165, 1.54) is 0 Å². The maximum absolute atomic E-state index is 13.2. The minimum absolute atomic E-state index is 0.118.